The summed E-state index contributed by atoms with van der Waals surface area (Å²) >= 11 is 0. The molecular formula is C23H27N3O3. The van der Waals surface area contributed by atoms with Gasteiger partial charge in [-0.15, -0.1) is 0 Å². The summed E-state index contributed by atoms with van der Waals surface area (Å²) in [5, 5.41) is 0. The molecule has 1 aromatic carbocycles. The van der Waals surface area contributed by atoms with Crippen molar-refractivity contribution >= 4 is 11.8 Å². The van der Waals surface area contributed by atoms with Gasteiger partial charge in [0.25, 0.3) is 5.91 Å². The topological polar surface area (TPSA) is 62.7 Å². The molecule has 0 saturated carbocycles. The van der Waals surface area contributed by atoms with Crippen molar-refractivity contribution in [3.63, 3.8) is 0 Å². The van der Waals surface area contributed by atoms with Crippen molar-refractivity contribution in [1.29, 1.82) is 0 Å². The lowest BCUT2D eigenvalue weighted by Crippen LogP contribution is -2.58. The summed E-state index contributed by atoms with van der Waals surface area (Å²) in [6, 6.07) is 11.9. The monoisotopic (exact) mass is 393 g/mol. The number of benzene rings is 1. The van der Waals surface area contributed by atoms with E-state index in [9.17, 15) is 9.59 Å². The number of rotatable bonds is 2. The summed E-state index contributed by atoms with van der Waals surface area (Å²) in [5.74, 6) is 0.105. The minimum absolute atomic E-state index is 0.0172. The zero-order chi connectivity index (χ0) is 20.4. The lowest BCUT2D eigenvalue weighted by atomic mass is 9.88. The average molecular weight is 393 g/mol. The highest BCUT2D eigenvalue weighted by Gasteiger charge is 2.41. The lowest BCUT2D eigenvalue weighted by Gasteiger charge is -2.47. The molecule has 2 fully saturated rings. The van der Waals surface area contributed by atoms with E-state index in [2.05, 4.69) is 4.98 Å². The van der Waals surface area contributed by atoms with Crippen LogP contribution in [0.15, 0.2) is 42.6 Å². The molecule has 0 radical (unpaired) electrons. The molecule has 2 amide bonds. The highest BCUT2D eigenvalue weighted by Crippen LogP contribution is 2.32. The number of aryl methyl sites for hydroxylation is 1. The Balaban J connectivity index is 1.53. The van der Waals surface area contributed by atoms with Crippen molar-refractivity contribution in [2.75, 3.05) is 32.8 Å². The second-order valence-corrected chi connectivity index (χ2v) is 7.95. The van der Waals surface area contributed by atoms with Gasteiger partial charge in [0, 0.05) is 39.3 Å². The molecule has 6 heteroatoms. The number of carbonyl (C=O) groups is 2. The maximum atomic E-state index is 13.4. The van der Waals surface area contributed by atoms with Crippen LogP contribution in [0.1, 0.15) is 35.8 Å². The van der Waals surface area contributed by atoms with Crippen LogP contribution in [0.5, 0.6) is 0 Å². The first-order valence-electron chi connectivity index (χ1n) is 10.2. The maximum Gasteiger partial charge on any atom is 0.256 e. The summed E-state index contributed by atoms with van der Waals surface area (Å²) in [7, 11) is 0. The van der Waals surface area contributed by atoms with E-state index in [4.69, 9.17) is 4.74 Å². The number of carbonyl (C=O) groups excluding carboxylic acids is 2. The molecule has 1 aromatic heterocycles. The third kappa shape index (κ3) is 3.90. The molecule has 2 saturated heterocycles. The molecular weight excluding hydrogens is 366 g/mol. The van der Waals surface area contributed by atoms with Gasteiger partial charge in [-0.05, 0) is 37.0 Å². The van der Waals surface area contributed by atoms with E-state index in [1.807, 2.05) is 53.1 Å². The Kier molecular flexibility index (Phi) is 5.37. The van der Waals surface area contributed by atoms with Gasteiger partial charge in [0.2, 0.25) is 5.91 Å². The zero-order valence-electron chi connectivity index (χ0n) is 17.1. The predicted molar refractivity (Wildman–Crippen MR) is 110 cm³/mol. The van der Waals surface area contributed by atoms with Crippen LogP contribution in [0.4, 0.5) is 0 Å². The first-order valence-corrected chi connectivity index (χ1v) is 10.2. The number of piperidine rings is 1. The number of pyridine rings is 1. The minimum atomic E-state index is -0.326. The van der Waals surface area contributed by atoms with E-state index in [0.29, 0.717) is 38.3 Å². The van der Waals surface area contributed by atoms with E-state index >= 15 is 0 Å². The van der Waals surface area contributed by atoms with Crippen molar-refractivity contribution in [1.82, 2.24) is 14.8 Å². The lowest BCUT2D eigenvalue weighted by molar-refractivity contribution is -0.156. The van der Waals surface area contributed by atoms with E-state index in [1.54, 1.807) is 13.1 Å². The molecule has 3 heterocycles. The number of morpholine rings is 1. The van der Waals surface area contributed by atoms with Crippen LogP contribution < -0.4 is 0 Å². The number of ether oxygens (including phenoxy) is 1. The first kappa shape index (κ1) is 19.6. The number of nitrogens with zero attached hydrogens (tertiary/aromatic N) is 3. The van der Waals surface area contributed by atoms with Gasteiger partial charge in [-0.25, -0.2) is 0 Å². The SMILES string of the molecule is CC(=O)N1CCOC2(CCN(C(=O)c3c(-c4ccccc4)ccnc3C)CC2)C1. The summed E-state index contributed by atoms with van der Waals surface area (Å²) in [6.07, 6.45) is 3.23. The zero-order valence-corrected chi connectivity index (χ0v) is 17.1. The Hall–Kier alpha value is -2.73. The second kappa shape index (κ2) is 7.95. The number of likely N-dealkylation sites (tertiary alicyclic amines) is 1. The fourth-order valence-electron chi connectivity index (χ4n) is 4.39. The molecule has 2 aromatic rings. The number of amides is 2. The summed E-state index contributed by atoms with van der Waals surface area (Å²) in [6.45, 7) is 6.56. The fourth-order valence-corrected chi connectivity index (χ4v) is 4.39. The second-order valence-electron chi connectivity index (χ2n) is 7.95. The van der Waals surface area contributed by atoms with Gasteiger partial charge in [-0.2, -0.15) is 0 Å². The van der Waals surface area contributed by atoms with Gasteiger partial charge in [0.1, 0.15) is 0 Å². The Morgan fingerprint density at radius 3 is 2.45 bits per heavy atom. The molecule has 6 nitrogen and oxygen atoms in total. The van der Waals surface area contributed by atoms with Crippen LogP contribution in [0.2, 0.25) is 0 Å². The molecule has 0 N–H and O–H groups in total. The smallest absolute Gasteiger partial charge is 0.256 e. The standard InChI is InChI=1S/C23H27N3O3/c1-17-21(20(8-11-24-17)19-6-4-3-5-7-19)22(28)25-12-9-23(10-13-25)16-26(18(2)27)14-15-29-23/h3-8,11H,9-10,12-16H2,1-2H3. The molecule has 0 aliphatic carbocycles. The van der Waals surface area contributed by atoms with Gasteiger partial charge in [-0.1, -0.05) is 30.3 Å². The normalized spacial score (nSPS) is 18.7. The summed E-state index contributed by atoms with van der Waals surface area (Å²) in [5.41, 5.74) is 3.02. The highest BCUT2D eigenvalue weighted by molar-refractivity contribution is 6.01. The molecule has 0 unspecified atom stereocenters. The van der Waals surface area contributed by atoms with Crippen LogP contribution in [-0.4, -0.2) is 65.0 Å². The first-order chi connectivity index (χ1) is 14.0. The van der Waals surface area contributed by atoms with Gasteiger partial charge in [0.05, 0.1) is 23.5 Å². The summed E-state index contributed by atoms with van der Waals surface area (Å²) in [4.78, 5) is 33.4. The Morgan fingerprint density at radius 2 is 1.76 bits per heavy atom. The van der Waals surface area contributed by atoms with Crippen molar-refractivity contribution in [3.8, 4) is 11.1 Å². The predicted octanol–water partition coefficient (Wildman–Crippen LogP) is 2.91. The number of hydrogen-bond acceptors (Lipinski definition) is 4. The third-order valence-electron chi connectivity index (χ3n) is 6.09. The van der Waals surface area contributed by atoms with Crippen LogP contribution in [0, 0.1) is 6.92 Å². The Bertz CT molecular complexity index is 905. The molecule has 0 atom stereocenters. The molecule has 4 rings (SSSR count). The van der Waals surface area contributed by atoms with Gasteiger partial charge < -0.3 is 14.5 Å². The van der Waals surface area contributed by atoms with E-state index in [0.717, 1.165) is 29.7 Å². The quantitative estimate of drug-likeness (QED) is 0.787. The number of hydrogen-bond donors (Lipinski definition) is 0. The van der Waals surface area contributed by atoms with Crippen LogP contribution >= 0.6 is 0 Å². The third-order valence-corrected chi connectivity index (χ3v) is 6.09. The molecule has 1 spiro atoms. The Labute approximate surface area is 171 Å². The molecule has 29 heavy (non-hydrogen) atoms. The van der Waals surface area contributed by atoms with Crippen molar-refractivity contribution in [2.24, 2.45) is 0 Å². The van der Waals surface area contributed by atoms with E-state index < -0.39 is 0 Å². The average Bonchev–Trinajstić information content (AvgIpc) is 2.74. The van der Waals surface area contributed by atoms with Crippen molar-refractivity contribution in [3.05, 3.63) is 53.9 Å². The largest absolute Gasteiger partial charge is 0.371 e. The maximum absolute atomic E-state index is 13.4. The van der Waals surface area contributed by atoms with E-state index in [-0.39, 0.29) is 17.4 Å². The van der Waals surface area contributed by atoms with Crippen LogP contribution in [0.3, 0.4) is 0 Å². The van der Waals surface area contributed by atoms with Crippen LogP contribution in [-0.2, 0) is 9.53 Å². The molecule has 2 aliphatic heterocycles. The van der Waals surface area contributed by atoms with E-state index in [1.165, 1.54) is 0 Å². The van der Waals surface area contributed by atoms with Crippen LogP contribution in [0.25, 0.3) is 11.1 Å². The highest BCUT2D eigenvalue weighted by atomic mass is 16.5. The summed E-state index contributed by atoms with van der Waals surface area (Å²) < 4.78 is 6.09. The van der Waals surface area contributed by atoms with Crippen molar-refractivity contribution in [2.45, 2.75) is 32.3 Å². The number of aromatic nitrogens is 1. The molecule has 2 aliphatic rings. The van der Waals surface area contributed by atoms with Gasteiger partial charge >= 0.3 is 0 Å². The minimum Gasteiger partial charge on any atom is -0.371 e. The van der Waals surface area contributed by atoms with Gasteiger partial charge in [0.15, 0.2) is 0 Å². The molecule has 0 bridgehead atoms. The fraction of sp³-hybridized carbons (Fsp3) is 0.435. The Morgan fingerprint density at radius 1 is 1.03 bits per heavy atom. The van der Waals surface area contributed by atoms with Crippen molar-refractivity contribution < 1.29 is 14.3 Å². The molecule has 152 valence electrons. The van der Waals surface area contributed by atoms with Gasteiger partial charge in [-0.3, -0.25) is 14.6 Å².